The van der Waals surface area contributed by atoms with Crippen molar-refractivity contribution < 1.29 is 4.39 Å². The first-order valence-corrected chi connectivity index (χ1v) is 5.88. The Labute approximate surface area is 117 Å². The van der Waals surface area contributed by atoms with E-state index in [9.17, 15) is 4.39 Å². The van der Waals surface area contributed by atoms with E-state index in [1.165, 1.54) is 23.4 Å². The standard InChI is InChI=1S/C11H7ClFN7/c12-9-17-10(16-8-4-2-1-3-7(8)13)19-11(18-9)20-6-14-5-15-20/h1-6H,(H,16,17,18,19). The third kappa shape index (κ3) is 2.54. The van der Waals surface area contributed by atoms with Gasteiger partial charge in [-0.1, -0.05) is 12.1 Å². The molecule has 0 fully saturated rings. The zero-order valence-electron chi connectivity index (χ0n) is 9.90. The van der Waals surface area contributed by atoms with Gasteiger partial charge in [-0.3, -0.25) is 0 Å². The van der Waals surface area contributed by atoms with Crippen LogP contribution in [0, 0.1) is 5.82 Å². The number of nitrogens with zero attached hydrogens (tertiary/aromatic N) is 6. The van der Waals surface area contributed by atoms with E-state index in [2.05, 4.69) is 30.4 Å². The van der Waals surface area contributed by atoms with Gasteiger partial charge in [0, 0.05) is 0 Å². The average molecular weight is 292 g/mol. The molecule has 3 aromatic rings. The van der Waals surface area contributed by atoms with Gasteiger partial charge in [0.2, 0.25) is 11.2 Å². The zero-order valence-corrected chi connectivity index (χ0v) is 10.7. The highest BCUT2D eigenvalue weighted by molar-refractivity contribution is 6.28. The van der Waals surface area contributed by atoms with Crippen molar-refractivity contribution in [2.75, 3.05) is 5.32 Å². The highest BCUT2D eigenvalue weighted by Gasteiger charge is 2.09. The van der Waals surface area contributed by atoms with Crippen LogP contribution in [0.1, 0.15) is 0 Å². The molecule has 0 saturated carbocycles. The summed E-state index contributed by atoms with van der Waals surface area (Å²) in [6.07, 6.45) is 2.75. The van der Waals surface area contributed by atoms with Crippen molar-refractivity contribution in [3.63, 3.8) is 0 Å². The van der Waals surface area contributed by atoms with E-state index >= 15 is 0 Å². The SMILES string of the molecule is Fc1ccccc1Nc1nc(Cl)nc(-n2cncn2)n1. The number of anilines is 2. The quantitative estimate of drug-likeness (QED) is 0.795. The van der Waals surface area contributed by atoms with Crippen molar-refractivity contribution in [1.29, 1.82) is 0 Å². The summed E-state index contributed by atoms with van der Waals surface area (Å²) in [6.45, 7) is 0. The van der Waals surface area contributed by atoms with Crippen LogP contribution in [0.3, 0.4) is 0 Å². The van der Waals surface area contributed by atoms with Crippen molar-refractivity contribution >= 4 is 23.2 Å². The Bertz CT molecular complexity index is 731. The molecule has 1 N–H and O–H groups in total. The normalized spacial score (nSPS) is 10.5. The van der Waals surface area contributed by atoms with Crippen LogP contribution in [0.25, 0.3) is 5.95 Å². The molecule has 9 heteroatoms. The van der Waals surface area contributed by atoms with Crippen LogP contribution < -0.4 is 5.32 Å². The smallest absolute Gasteiger partial charge is 0.258 e. The van der Waals surface area contributed by atoms with Gasteiger partial charge in [0.25, 0.3) is 5.95 Å². The highest BCUT2D eigenvalue weighted by Crippen LogP contribution is 2.18. The van der Waals surface area contributed by atoms with E-state index in [1.54, 1.807) is 18.2 Å². The predicted octanol–water partition coefficient (Wildman–Crippen LogP) is 1.99. The van der Waals surface area contributed by atoms with Crippen molar-refractivity contribution in [2.45, 2.75) is 0 Å². The van der Waals surface area contributed by atoms with Crippen LogP contribution in [0.2, 0.25) is 5.28 Å². The molecule has 0 saturated heterocycles. The minimum absolute atomic E-state index is 0.0376. The minimum atomic E-state index is -0.425. The Balaban J connectivity index is 1.97. The molecular weight excluding hydrogens is 285 g/mol. The van der Waals surface area contributed by atoms with Crippen molar-refractivity contribution in [1.82, 2.24) is 29.7 Å². The van der Waals surface area contributed by atoms with E-state index in [-0.39, 0.29) is 22.9 Å². The molecule has 0 spiro atoms. The molecule has 0 aliphatic heterocycles. The Kier molecular flexibility index (Phi) is 3.21. The Morgan fingerprint density at radius 1 is 1.15 bits per heavy atom. The molecule has 0 bridgehead atoms. The lowest BCUT2D eigenvalue weighted by Gasteiger charge is -2.07. The molecule has 0 radical (unpaired) electrons. The first kappa shape index (κ1) is 12.4. The van der Waals surface area contributed by atoms with Gasteiger partial charge in [-0.2, -0.15) is 24.7 Å². The molecule has 2 aromatic heterocycles. The van der Waals surface area contributed by atoms with Crippen LogP contribution in [-0.4, -0.2) is 29.7 Å². The van der Waals surface area contributed by atoms with Gasteiger partial charge in [-0.05, 0) is 23.7 Å². The fourth-order valence-electron chi connectivity index (χ4n) is 1.49. The lowest BCUT2D eigenvalue weighted by Crippen LogP contribution is -2.07. The predicted molar refractivity (Wildman–Crippen MR) is 69.4 cm³/mol. The topological polar surface area (TPSA) is 81.4 Å². The fraction of sp³-hybridized carbons (Fsp3) is 0. The van der Waals surface area contributed by atoms with Gasteiger partial charge in [-0.15, -0.1) is 0 Å². The van der Waals surface area contributed by atoms with E-state index in [4.69, 9.17) is 11.6 Å². The summed E-state index contributed by atoms with van der Waals surface area (Å²) in [5.41, 5.74) is 0.235. The van der Waals surface area contributed by atoms with E-state index in [0.29, 0.717) is 0 Å². The average Bonchev–Trinajstić information content (AvgIpc) is 2.95. The van der Waals surface area contributed by atoms with Crippen LogP contribution in [0.4, 0.5) is 16.0 Å². The first-order chi connectivity index (χ1) is 9.72. The molecule has 2 heterocycles. The lowest BCUT2D eigenvalue weighted by atomic mass is 10.3. The molecule has 20 heavy (non-hydrogen) atoms. The summed E-state index contributed by atoms with van der Waals surface area (Å²) in [7, 11) is 0. The van der Waals surface area contributed by atoms with E-state index in [0.717, 1.165) is 0 Å². The molecule has 0 unspecified atom stereocenters. The summed E-state index contributed by atoms with van der Waals surface area (Å²) < 4.78 is 14.9. The lowest BCUT2D eigenvalue weighted by molar-refractivity contribution is 0.631. The second-order valence-electron chi connectivity index (χ2n) is 3.67. The number of rotatable bonds is 3. The third-order valence-corrected chi connectivity index (χ3v) is 2.51. The van der Waals surface area contributed by atoms with Crippen molar-refractivity contribution in [2.24, 2.45) is 0 Å². The maximum atomic E-state index is 13.6. The molecule has 0 amide bonds. The van der Waals surface area contributed by atoms with Gasteiger partial charge < -0.3 is 5.32 Å². The Morgan fingerprint density at radius 2 is 2.00 bits per heavy atom. The number of nitrogens with one attached hydrogen (secondary N) is 1. The number of benzene rings is 1. The summed E-state index contributed by atoms with van der Waals surface area (Å²) in [4.78, 5) is 15.7. The van der Waals surface area contributed by atoms with Gasteiger partial charge >= 0.3 is 0 Å². The zero-order chi connectivity index (χ0) is 13.9. The Hall–Kier alpha value is -2.61. The second-order valence-corrected chi connectivity index (χ2v) is 4.01. The fourth-order valence-corrected chi connectivity index (χ4v) is 1.65. The molecule has 1 aromatic carbocycles. The number of halogens is 2. The monoisotopic (exact) mass is 291 g/mol. The minimum Gasteiger partial charge on any atom is -0.321 e. The third-order valence-electron chi connectivity index (χ3n) is 2.34. The molecule has 7 nitrogen and oxygen atoms in total. The van der Waals surface area contributed by atoms with Crippen LogP contribution in [0.5, 0.6) is 0 Å². The molecule has 100 valence electrons. The van der Waals surface area contributed by atoms with E-state index < -0.39 is 5.82 Å². The number of aromatic nitrogens is 6. The molecule has 0 aliphatic rings. The summed E-state index contributed by atoms with van der Waals surface area (Å²) in [6, 6.07) is 6.15. The Morgan fingerprint density at radius 3 is 2.75 bits per heavy atom. The maximum absolute atomic E-state index is 13.6. The second kappa shape index (κ2) is 5.17. The molecular formula is C11H7ClFN7. The van der Waals surface area contributed by atoms with Crippen molar-refractivity contribution in [3.05, 3.63) is 48.0 Å². The summed E-state index contributed by atoms with van der Waals surface area (Å²) in [5.74, 6) is -0.131. The molecule has 3 rings (SSSR count). The highest BCUT2D eigenvalue weighted by atomic mass is 35.5. The van der Waals surface area contributed by atoms with E-state index in [1.807, 2.05) is 0 Å². The maximum Gasteiger partial charge on any atom is 0.258 e. The van der Waals surface area contributed by atoms with Crippen LogP contribution >= 0.6 is 11.6 Å². The summed E-state index contributed by atoms with van der Waals surface area (Å²) in [5, 5.41) is 6.58. The van der Waals surface area contributed by atoms with Crippen molar-refractivity contribution in [3.8, 4) is 5.95 Å². The largest absolute Gasteiger partial charge is 0.321 e. The van der Waals surface area contributed by atoms with Crippen LogP contribution in [-0.2, 0) is 0 Å². The number of hydrogen-bond acceptors (Lipinski definition) is 6. The van der Waals surface area contributed by atoms with Gasteiger partial charge in [0.1, 0.15) is 18.5 Å². The number of hydrogen-bond donors (Lipinski definition) is 1. The summed E-state index contributed by atoms with van der Waals surface area (Å²) >= 11 is 5.82. The molecule has 0 aliphatic carbocycles. The number of para-hydroxylation sites is 1. The molecule has 0 atom stereocenters. The first-order valence-electron chi connectivity index (χ1n) is 5.50. The van der Waals surface area contributed by atoms with Gasteiger partial charge in [-0.25, -0.2) is 9.37 Å². The van der Waals surface area contributed by atoms with Gasteiger partial charge in [0.05, 0.1) is 5.69 Å². The van der Waals surface area contributed by atoms with Crippen LogP contribution in [0.15, 0.2) is 36.9 Å². The van der Waals surface area contributed by atoms with Gasteiger partial charge in [0.15, 0.2) is 0 Å².